The topological polar surface area (TPSA) is 58.6 Å². The number of thiophene rings is 1. The summed E-state index contributed by atoms with van der Waals surface area (Å²) in [5.41, 5.74) is 0. The van der Waals surface area contributed by atoms with E-state index < -0.39 is 10.0 Å². The molecule has 21 heavy (non-hydrogen) atoms. The van der Waals surface area contributed by atoms with E-state index in [1.54, 1.807) is 10.4 Å². The first-order chi connectivity index (χ1) is 10.1. The number of rotatable bonds is 5. The Kier molecular flexibility index (Phi) is 3.58. The Morgan fingerprint density at radius 3 is 2.57 bits per heavy atom. The van der Waals surface area contributed by atoms with Crippen LogP contribution in [0.15, 0.2) is 16.3 Å². The van der Waals surface area contributed by atoms with E-state index in [1.807, 2.05) is 6.07 Å². The maximum atomic E-state index is 12.7. The van der Waals surface area contributed by atoms with Crippen molar-refractivity contribution in [2.45, 2.75) is 54.7 Å². The molecule has 3 heterocycles. The van der Waals surface area contributed by atoms with E-state index >= 15 is 0 Å². The Bertz CT molecular complexity index is 612. The lowest BCUT2D eigenvalue weighted by molar-refractivity contribution is -0.0114. The van der Waals surface area contributed by atoms with Crippen LogP contribution in [-0.2, 0) is 21.3 Å². The molecule has 2 atom stereocenters. The lowest BCUT2D eigenvalue weighted by atomic mass is 10.2. The van der Waals surface area contributed by atoms with Crippen molar-refractivity contribution in [1.29, 1.82) is 0 Å². The summed E-state index contributed by atoms with van der Waals surface area (Å²) in [5.74, 6) is 0. The highest BCUT2D eigenvalue weighted by molar-refractivity contribution is 7.91. The smallest absolute Gasteiger partial charge is 0.252 e. The molecule has 1 aliphatic carbocycles. The molecule has 3 aliphatic rings. The summed E-state index contributed by atoms with van der Waals surface area (Å²) in [6, 6.07) is 4.32. The highest BCUT2D eigenvalue weighted by Gasteiger charge is 2.39. The van der Waals surface area contributed by atoms with Gasteiger partial charge in [0.2, 0.25) is 0 Å². The third-order valence-electron chi connectivity index (χ3n) is 4.38. The fraction of sp³-hybridized carbons (Fsp3) is 0.714. The van der Waals surface area contributed by atoms with Crippen LogP contribution in [0, 0.1) is 0 Å². The van der Waals surface area contributed by atoms with E-state index in [4.69, 9.17) is 4.74 Å². The van der Waals surface area contributed by atoms with E-state index in [0.717, 1.165) is 24.3 Å². The average Bonchev–Trinajstić information content (AvgIpc) is 3.07. The molecule has 2 unspecified atom stereocenters. The third kappa shape index (κ3) is 2.90. The molecule has 2 saturated heterocycles. The summed E-state index contributed by atoms with van der Waals surface area (Å²) in [6.07, 6.45) is 4.64. The molecule has 1 aromatic rings. The van der Waals surface area contributed by atoms with Crippen LogP contribution in [0.1, 0.15) is 30.6 Å². The molecule has 3 fully saturated rings. The van der Waals surface area contributed by atoms with Crippen LogP contribution in [0.3, 0.4) is 0 Å². The van der Waals surface area contributed by atoms with Gasteiger partial charge in [0.1, 0.15) is 4.21 Å². The summed E-state index contributed by atoms with van der Waals surface area (Å²) in [5, 5.41) is 3.42. The van der Waals surface area contributed by atoms with Gasteiger partial charge in [0.15, 0.2) is 0 Å². The highest BCUT2D eigenvalue weighted by atomic mass is 32.2. The van der Waals surface area contributed by atoms with Gasteiger partial charge in [0.25, 0.3) is 10.0 Å². The molecule has 0 aromatic carbocycles. The molecule has 116 valence electrons. The number of fused-ring (bicyclic) bond motifs is 2. The molecule has 4 rings (SSSR count). The highest BCUT2D eigenvalue weighted by Crippen LogP contribution is 2.32. The van der Waals surface area contributed by atoms with Crippen LogP contribution in [0.25, 0.3) is 0 Å². The Balaban J connectivity index is 1.48. The molecular weight excluding hydrogens is 308 g/mol. The van der Waals surface area contributed by atoms with Crippen LogP contribution < -0.4 is 5.32 Å². The van der Waals surface area contributed by atoms with Crippen molar-refractivity contribution >= 4 is 21.4 Å². The fourth-order valence-corrected chi connectivity index (χ4v) is 5.99. The second-order valence-electron chi connectivity index (χ2n) is 6.16. The molecule has 0 spiro atoms. The normalized spacial score (nSPS) is 29.9. The van der Waals surface area contributed by atoms with Crippen molar-refractivity contribution in [3.8, 4) is 0 Å². The predicted octanol–water partition coefficient (Wildman–Crippen LogP) is 1.55. The first-order valence-corrected chi connectivity index (χ1v) is 9.84. The molecule has 1 saturated carbocycles. The van der Waals surface area contributed by atoms with Crippen LogP contribution in [0.2, 0.25) is 0 Å². The number of morpholine rings is 1. The summed E-state index contributed by atoms with van der Waals surface area (Å²) in [4.78, 5) is 1.09. The summed E-state index contributed by atoms with van der Waals surface area (Å²) < 4.78 is 33.3. The van der Waals surface area contributed by atoms with Crippen LogP contribution >= 0.6 is 11.3 Å². The number of hydrogen-bond acceptors (Lipinski definition) is 5. The minimum Gasteiger partial charge on any atom is -0.372 e. The monoisotopic (exact) mass is 328 g/mol. The van der Waals surface area contributed by atoms with E-state index in [1.165, 1.54) is 24.2 Å². The molecule has 2 aliphatic heterocycles. The Morgan fingerprint density at radius 2 is 1.90 bits per heavy atom. The molecule has 0 radical (unpaired) electrons. The van der Waals surface area contributed by atoms with Gasteiger partial charge in [-0.3, -0.25) is 0 Å². The van der Waals surface area contributed by atoms with Gasteiger partial charge in [-0.2, -0.15) is 4.31 Å². The minimum absolute atomic E-state index is 0.0921. The zero-order chi connectivity index (χ0) is 14.4. The molecule has 7 heteroatoms. The van der Waals surface area contributed by atoms with Crippen molar-refractivity contribution in [3.63, 3.8) is 0 Å². The first-order valence-electron chi connectivity index (χ1n) is 7.59. The quantitative estimate of drug-likeness (QED) is 0.891. The van der Waals surface area contributed by atoms with Gasteiger partial charge in [0, 0.05) is 30.6 Å². The Labute approximate surface area is 129 Å². The second kappa shape index (κ2) is 5.31. The van der Waals surface area contributed by atoms with Crippen molar-refractivity contribution in [2.24, 2.45) is 0 Å². The van der Waals surface area contributed by atoms with Crippen molar-refractivity contribution in [3.05, 3.63) is 17.0 Å². The number of nitrogens with one attached hydrogen (secondary N) is 1. The summed E-state index contributed by atoms with van der Waals surface area (Å²) in [6.45, 7) is 1.79. The predicted molar refractivity (Wildman–Crippen MR) is 80.8 cm³/mol. The van der Waals surface area contributed by atoms with Crippen LogP contribution in [0.4, 0.5) is 0 Å². The summed E-state index contributed by atoms with van der Waals surface area (Å²) >= 11 is 1.39. The fourth-order valence-electron chi connectivity index (χ4n) is 3.03. The van der Waals surface area contributed by atoms with Gasteiger partial charge in [-0.1, -0.05) is 0 Å². The Hall–Kier alpha value is -0.470. The molecular formula is C14H20N2O3S2. The third-order valence-corrected chi connectivity index (χ3v) is 7.77. The zero-order valence-electron chi connectivity index (χ0n) is 11.8. The van der Waals surface area contributed by atoms with Crippen molar-refractivity contribution in [2.75, 3.05) is 13.1 Å². The molecule has 1 N–H and O–H groups in total. The van der Waals surface area contributed by atoms with Gasteiger partial charge >= 0.3 is 0 Å². The number of ether oxygens (including phenoxy) is 1. The maximum Gasteiger partial charge on any atom is 0.252 e. The summed E-state index contributed by atoms with van der Waals surface area (Å²) in [7, 11) is -3.35. The number of sulfonamides is 1. The van der Waals surface area contributed by atoms with Gasteiger partial charge in [-0.05, 0) is 37.8 Å². The standard InChI is InChI=1S/C14H20N2O3S2/c17-21(18,16-8-11-3-4-12(9-16)19-11)14-6-5-13(20-14)7-15-10-1-2-10/h5-6,10-12,15H,1-4,7-9H2. The molecule has 5 nitrogen and oxygen atoms in total. The molecule has 0 amide bonds. The van der Waals surface area contributed by atoms with Crippen LogP contribution in [-0.4, -0.2) is 44.1 Å². The lowest BCUT2D eigenvalue weighted by Gasteiger charge is -2.30. The van der Waals surface area contributed by atoms with E-state index in [0.29, 0.717) is 23.3 Å². The van der Waals surface area contributed by atoms with Crippen molar-refractivity contribution in [1.82, 2.24) is 9.62 Å². The van der Waals surface area contributed by atoms with Gasteiger partial charge in [0.05, 0.1) is 12.2 Å². The maximum absolute atomic E-state index is 12.7. The van der Waals surface area contributed by atoms with E-state index in [9.17, 15) is 8.42 Å². The SMILES string of the molecule is O=S(=O)(c1ccc(CNC2CC2)s1)N1CC2CCC(C1)O2. The van der Waals surface area contributed by atoms with Gasteiger partial charge in [-0.15, -0.1) is 11.3 Å². The lowest BCUT2D eigenvalue weighted by Crippen LogP contribution is -2.45. The molecule has 1 aromatic heterocycles. The van der Waals surface area contributed by atoms with Gasteiger partial charge < -0.3 is 10.1 Å². The first kappa shape index (κ1) is 14.1. The van der Waals surface area contributed by atoms with E-state index in [-0.39, 0.29) is 12.2 Å². The molecule has 2 bridgehead atoms. The largest absolute Gasteiger partial charge is 0.372 e. The minimum atomic E-state index is -3.35. The van der Waals surface area contributed by atoms with Gasteiger partial charge in [-0.25, -0.2) is 8.42 Å². The zero-order valence-corrected chi connectivity index (χ0v) is 13.5. The number of nitrogens with zero attached hydrogens (tertiary/aromatic N) is 1. The second-order valence-corrected chi connectivity index (χ2v) is 9.49. The van der Waals surface area contributed by atoms with E-state index in [2.05, 4.69) is 5.32 Å². The number of hydrogen-bond donors (Lipinski definition) is 1. The van der Waals surface area contributed by atoms with Crippen molar-refractivity contribution < 1.29 is 13.2 Å². The Morgan fingerprint density at radius 1 is 1.19 bits per heavy atom. The van der Waals surface area contributed by atoms with Crippen LogP contribution in [0.5, 0.6) is 0 Å². The average molecular weight is 328 g/mol.